The Balaban J connectivity index is 2.69. The fraction of sp³-hybridized carbons (Fsp3) is 0.786. The third kappa shape index (κ3) is 4.34. The first kappa shape index (κ1) is 17.3. The van der Waals surface area contributed by atoms with Gasteiger partial charge in [-0.1, -0.05) is 13.3 Å². The number of urea groups is 1. The van der Waals surface area contributed by atoms with E-state index in [-0.39, 0.29) is 19.0 Å². The van der Waals surface area contributed by atoms with E-state index in [1.807, 2.05) is 6.92 Å². The molecule has 0 spiro atoms. The zero-order valence-corrected chi connectivity index (χ0v) is 12.9. The predicted molar refractivity (Wildman–Crippen MR) is 77.6 cm³/mol. The molecular weight excluding hydrogens is 274 g/mol. The summed E-state index contributed by atoms with van der Waals surface area (Å²) >= 11 is 0. The van der Waals surface area contributed by atoms with Crippen LogP contribution in [0.3, 0.4) is 0 Å². The van der Waals surface area contributed by atoms with Crippen molar-refractivity contribution in [2.45, 2.75) is 52.0 Å². The summed E-state index contributed by atoms with van der Waals surface area (Å²) in [6.45, 7) is 5.97. The Morgan fingerprint density at radius 1 is 1.38 bits per heavy atom. The van der Waals surface area contributed by atoms with Crippen LogP contribution in [0.5, 0.6) is 0 Å². The lowest BCUT2D eigenvalue weighted by molar-refractivity contribution is -0.148. The van der Waals surface area contributed by atoms with Crippen molar-refractivity contribution in [3.8, 4) is 0 Å². The lowest BCUT2D eigenvalue weighted by Crippen LogP contribution is -2.51. The summed E-state index contributed by atoms with van der Waals surface area (Å²) < 4.78 is 0. The molecule has 120 valence electrons. The molecule has 4 N–H and O–H groups in total. The van der Waals surface area contributed by atoms with Crippen LogP contribution in [-0.4, -0.2) is 46.5 Å². The van der Waals surface area contributed by atoms with Gasteiger partial charge in [0.25, 0.3) is 0 Å². The standard InChI is InChI=1S/C14H25N3O4/c1-4-5-14(11(19)20)6-7-17(9-14)12(21)16-13(2,3)8-10(15)18/h4-9H2,1-3H3,(H2,15,18)(H,16,21)(H,19,20). The van der Waals surface area contributed by atoms with Gasteiger partial charge < -0.3 is 21.1 Å². The Hall–Kier alpha value is -1.79. The van der Waals surface area contributed by atoms with Crippen LogP contribution in [0.4, 0.5) is 4.79 Å². The number of carbonyl (C=O) groups is 3. The summed E-state index contributed by atoms with van der Waals surface area (Å²) in [4.78, 5) is 36.2. The van der Waals surface area contributed by atoms with Gasteiger partial charge in [-0.15, -0.1) is 0 Å². The predicted octanol–water partition coefficient (Wildman–Crippen LogP) is 0.927. The van der Waals surface area contributed by atoms with Crippen LogP contribution in [0.2, 0.25) is 0 Å². The fourth-order valence-corrected chi connectivity index (χ4v) is 2.86. The van der Waals surface area contributed by atoms with Crippen LogP contribution in [0.15, 0.2) is 0 Å². The summed E-state index contributed by atoms with van der Waals surface area (Å²) in [5.41, 5.74) is 3.55. The van der Waals surface area contributed by atoms with E-state index in [9.17, 15) is 19.5 Å². The number of amides is 3. The first-order valence-corrected chi connectivity index (χ1v) is 7.21. The van der Waals surface area contributed by atoms with Gasteiger partial charge in [0, 0.05) is 25.0 Å². The minimum Gasteiger partial charge on any atom is -0.481 e. The molecule has 3 amide bonds. The zero-order chi connectivity index (χ0) is 16.3. The summed E-state index contributed by atoms with van der Waals surface area (Å²) in [5.74, 6) is -1.34. The zero-order valence-electron chi connectivity index (χ0n) is 12.9. The Bertz CT molecular complexity index is 436. The average molecular weight is 299 g/mol. The monoisotopic (exact) mass is 299 g/mol. The number of carboxylic acids is 1. The van der Waals surface area contributed by atoms with E-state index in [4.69, 9.17) is 5.73 Å². The molecule has 0 aromatic heterocycles. The number of carboxylic acid groups (broad SMARTS) is 1. The van der Waals surface area contributed by atoms with Crippen molar-refractivity contribution in [2.75, 3.05) is 13.1 Å². The number of carbonyl (C=O) groups excluding carboxylic acids is 2. The van der Waals surface area contributed by atoms with E-state index in [0.29, 0.717) is 19.4 Å². The van der Waals surface area contributed by atoms with Gasteiger partial charge in [-0.2, -0.15) is 0 Å². The van der Waals surface area contributed by atoms with Gasteiger partial charge in [0.05, 0.1) is 5.41 Å². The SMILES string of the molecule is CCCC1(C(=O)O)CCN(C(=O)NC(C)(C)CC(N)=O)C1. The van der Waals surface area contributed by atoms with Gasteiger partial charge in [0.2, 0.25) is 5.91 Å². The minimum absolute atomic E-state index is 0.0333. The molecule has 7 nitrogen and oxygen atoms in total. The number of primary amides is 1. The van der Waals surface area contributed by atoms with E-state index in [1.54, 1.807) is 13.8 Å². The van der Waals surface area contributed by atoms with Crippen molar-refractivity contribution >= 4 is 17.9 Å². The average Bonchev–Trinajstić information content (AvgIpc) is 2.72. The van der Waals surface area contributed by atoms with Crippen molar-refractivity contribution in [3.05, 3.63) is 0 Å². The highest BCUT2D eigenvalue weighted by Gasteiger charge is 2.45. The van der Waals surface area contributed by atoms with Crippen LogP contribution in [0.1, 0.15) is 46.5 Å². The maximum absolute atomic E-state index is 12.2. The normalized spacial score (nSPS) is 22.1. The summed E-state index contributed by atoms with van der Waals surface area (Å²) in [6, 6.07) is -0.347. The lowest BCUT2D eigenvalue weighted by atomic mass is 9.83. The number of nitrogens with zero attached hydrogens (tertiary/aromatic N) is 1. The maximum atomic E-state index is 12.2. The smallest absolute Gasteiger partial charge is 0.317 e. The largest absolute Gasteiger partial charge is 0.481 e. The third-order valence-corrected chi connectivity index (χ3v) is 3.88. The van der Waals surface area contributed by atoms with Crippen molar-refractivity contribution in [2.24, 2.45) is 11.1 Å². The molecule has 1 aliphatic rings. The van der Waals surface area contributed by atoms with Crippen molar-refractivity contribution in [3.63, 3.8) is 0 Å². The van der Waals surface area contributed by atoms with Crippen molar-refractivity contribution in [1.82, 2.24) is 10.2 Å². The quantitative estimate of drug-likeness (QED) is 0.677. The molecule has 0 radical (unpaired) electrons. The molecule has 1 aliphatic heterocycles. The van der Waals surface area contributed by atoms with E-state index in [2.05, 4.69) is 5.32 Å². The summed E-state index contributed by atoms with van der Waals surface area (Å²) in [7, 11) is 0. The Kier molecular flexibility index (Phi) is 5.20. The Morgan fingerprint density at radius 2 is 2.00 bits per heavy atom. The number of aliphatic carboxylic acids is 1. The minimum atomic E-state index is -0.851. The molecule has 1 rings (SSSR count). The maximum Gasteiger partial charge on any atom is 0.317 e. The molecule has 0 bridgehead atoms. The molecule has 1 saturated heterocycles. The second-order valence-electron chi connectivity index (χ2n) is 6.46. The number of likely N-dealkylation sites (tertiary alicyclic amines) is 1. The Morgan fingerprint density at radius 3 is 2.48 bits per heavy atom. The van der Waals surface area contributed by atoms with Gasteiger partial charge in [-0.3, -0.25) is 9.59 Å². The van der Waals surface area contributed by atoms with Crippen molar-refractivity contribution in [1.29, 1.82) is 0 Å². The van der Waals surface area contributed by atoms with E-state index in [1.165, 1.54) is 4.90 Å². The molecular formula is C14H25N3O4. The van der Waals surface area contributed by atoms with Crippen LogP contribution in [0.25, 0.3) is 0 Å². The van der Waals surface area contributed by atoms with Gasteiger partial charge in [-0.25, -0.2) is 4.79 Å². The van der Waals surface area contributed by atoms with Gasteiger partial charge in [-0.05, 0) is 26.7 Å². The number of nitrogens with one attached hydrogen (secondary N) is 1. The topological polar surface area (TPSA) is 113 Å². The fourth-order valence-electron chi connectivity index (χ4n) is 2.86. The summed E-state index contributed by atoms with van der Waals surface area (Å²) in [6.07, 6.45) is 1.80. The molecule has 1 unspecified atom stereocenters. The highest BCUT2D eigenvalue weighted by atomic mass is 16.4. The van der Waals surface area contributed by atoms with Crippen molar-refractivity contribution < 1.29 is 19.5 Å². The molecule has 1 atom stereocenters. The molecule has 0 aliphatic carbocycles. The molecule has 0 saturated carbocycles. The highest BCUT2D eigenvalue weighted by molar-refractivity contribution is 5.81. The van der Waals surface area contributed by atoms with Crippen LogP contribution in [0, 0.1) is 5.41 Å². The van der Waals surface area contributed by atoms with Crippen LogP contribution < -0.4 is 11.1 Å². The lowest BCUT2D eigenvalue weighted by Gasteiger charge is -2.29. The molecule has 21 heavy (non-hydrogen) atoms. The van der Waals surface area contributed by atoms with Gasteiger partial charge >= 0.3 is 12.0 Å². The summed E-state index contributed by atoms with van der Waals surface area (Å²) in [5, 5.41) is 12.2. The van der Waals surface area contributed by atoms with E-state index >= 15 is 0 Å². The second kappa shape index (κ2) is 6.32. The molecule has 7 heteroatoms. The molecule has 0 aromatic carbocycles. The molecule has 1 heterocycles. The molecule has 1 fully saturated rings. The van der Waals surface area contributed by atoms with Crippen LogP contribution >= 0.6 is 0 Å². The highest BCUT2D eigenvalue weighted by Crippen LogP contribution is 2.35. The first-order chi connectivity index (χ1) is 9.62. The Labute approximate surface area is 124 Å². The number of hydrogen-bond acceptors (Lipinski definition) is 3. The van der Waals surface area contributed by atoms with E-state index in [0.717, 1.165) is 6.42 Å². The number of rotatable bonds is 6. The number of hydrogen-bond donors (Lipinski definition) is 3. The molecule has 0 aromatic rings. The van der Waals surface area contributed by atoms with Gasteiger partial charge in [0.1, 0.15) is 0 Å². The van der Waals surface area contributed by atoms with Crippen LogP contribution in [-0.2, 0) is 9.59 Å². The van der Waals surface area contributed by atoms with Gasteiger partial charge in [0.15, 0.2) is 0 Å². The first-order valence-electron chi connectivity index (χ1n) is 7.21. The third-order valence-electron chi connectivity index (χ3n) is 3.88. The van der Waals surface area contributed by atoms with E-state index < -0.39 is 22.8 Å². The number of nitrogens with two attached hydrogens (primary N) is 1. The second-order valence-corrected chi connectivity index (χ2v) is 6.46.